The molecule has 0 aromatic heterocycles. The van der Waals surface area contributed by atoms with Crippen molar-refractivity contribution >= 4 is 5.78 Å². The highest BCUT2D eigenvalue weighted by molar-refractivity contribution is 6.10. The lowest BCUT2D eigenvalue weighted by Gasteiger charge is -1.95. The van der Waals surface area contributed by atoms with Crippen LogP contribution in [-0.2, 0) is 4.79 Å². The van der Waals surface area contributed by atoms with Crippen molar-refractivity contribution in [3.63, 3.8) is 0 Å². The van der Waals surface area contributed by atoms with Crippen LogP contribution < -0.4 is 0 Å². The first kappa shape index (κ1) is 8.25. The predicted molar refractivity (Wildman–Crippen MR) is 46.4 cm³/mol. The molecule has 1 nitrogen and oxygen atoms in total. The summed E-state index contributed by atoms with van der Waals surface area (Å²) in [5, 5.41) is 0. The second-order valence-corrected chi connectivity index (χ2v) is 2.75. The lowest BCUT2D eigenvalue weighted by molar-refractivity contribution is -0.112. The second kappa shape index (κ2) is 3.51. The maximum absolute atomic E-state index is 11.4. The van der Waals surface area contributed by atoms with E-state index in [0.717, 1.165) is 30.4 Å². The summed E-state index contributed by atoms with van der Waals surface area (Å²) in [6, 6.07) is 0. The monoisotopic (exact) mass is 150 g/mol. The van der Waals surface area contributed by atoms with Gasteiger partial charge in [0, 0.05) is 0 Å². The van der Waals surface area contributed by atoms with Gasteiger partial charge in [-0.1, -0.05) is 26.0 Å². The third-order valence-electron chi connectivity index (χ3n) is 1.98. The van der Waals surface area contributed by atoms with E-state index in [2.05, 4.69) is 6.92 Å². The van der Waals surface area contributed by atoms with Gasteiger partial charge in [-0.3, -0.25) is 4.79 Å². The van der Waals surface area contributed by atoms with Gasteiger partial charge in [-0.05, 0) is 30.4 Å². The zero-order chi connectivity index (χ0) is 8.27. The number of carbonyl (C=O) groups is 1. The first-order valence-electron chi connectivity index (χ1n) is 4.22. The van der Waals surface area contributed by atoms with Gasteiger partial charge in [0.05, 0.1) is 0 Å². The van der Waals surface area contributed by atoms with Gasteiger partial charge in [0.15, 0.2) is 5.78 Å². The van der Waals surface area contributed by atoms with Crippen molar-refractivity contribution in [1.29, 1.82) is 0 Å². The largest absolute Gasteiger partial charge is 0.289 e. The maximum atomic E-state index is 11.4. The molecule has 60 valence electrons. The number of hydrogen-bond acceptors (Lipinski definition) is 1. The SMILES string of the molecule is CC/C=C1\CC=C(CC)C1=O. The summed E-state index contributed by atoms with van der Waals surface area (Å²) >= 11 is 0. The Hall–Kier alpha value is -0.850. The molecule has 0 amide bonds. The molecule has 0 atom stereocenters. The Morgan fingerprint density at radius 3 is 2.73 bits per heavy atom. The standard InChI is InChI=1S/C10H14O/c1-3-5-9-7-6-8(4-2)10(9)11/h5-6H,3-4,7H2,1-2H3/b9-5+. The van der Waals surface area contributed by atoms with Crippen LogP contribution in [0.15, 0.2) is 23.3 Å². The van der Waals surface area contributed by atoms with Crippen molar-refractivity contribution in [3.05, 3.63) is 23.3 Å². The average Bonchev–Trinajstić information content (AvgIpc) is 2.34. The Kier molecular flexibility index (Phi) is 2.64. The fourth-order valence-corrected chi connectivity index (χ4v) is 1.35. The Bertz CT molecular complexity index is 221. The Balaban J connectivity index is 2.71. The molecule has 1 aliphatic rings. The third kappa shape index (κ3) is 1.59. The van der Waals surface area contributed by atoms with E-state index < -0.39 is 0 Å². The van der Waals surface area contributed by atoms with Crippen molar-refractivity contribution in [2.75, 3.05) is 0 Å². The van der Waals surface area contributed by atoms with Gasteiger partial charge in [0.2, 0.25) is 0 Å². The van der Waals surface area contributed by atoms with Crippen LogP contribution >= 0.6 is 0 Å². The Morgan fingerprint density at radius 1 is 1.55 bits per heavy atom. The quantitative estimate of drug-likeness (QED) is 0.553. The molecule has 0 aromatic carbocycles. The molecule has 0 N–H and O–H groups in total. The van der Waals surface area contributed by atoms with Crippen LogP contribution in [-0.4, -0.2) is 5.78 Å². The number of allylic oxidation sites excluding steroid dienone is 4. The molecule has 1 aliphatic carbocycles. The van der Waals surface area contributed by atoms with Gasteiger partial charge in [-0.25, -0.2) is 0 Å². The van der Waals surface area contributed by atoms with Crippen molar-refractivity contribution in [2.45, 2.75) is 33.1 Å². The summed E-state index contributed by atoms with van der Waals surface area (Å²) in [6.07, 6.45) is 6.77. The Labute approximate surface area is 67.8 Å². The van der Waals surface area contributed by atoms with E-state index >= 15 is 0 Å². The van der Waals surface area contributed by atoms with Crippen molar-refractivity contribution in [3.8, 4) is 0 Å². The van der Waals surface area contributed by atoms with Gasteiger partial charge in [0.25, 0.3) is 0 Å². The van der Waals surface area contributed by atoms with Crippen LogP contribution in [0.25, 0.3) is 0 Å². The minimum absolute atomic E-state index is 0.273. The topological polar surface area (TPSA) is 17.1 Å². The first-order valence-corrected chi connectivity index (χ1v) is 4.22. The van der Waals surface area contributed by atoms with Crippen molar-refractivity contribution < 1.29 is 4.79 Å². The molecule has 0 saturated carbocycles. The van der Waals surface area contributed by atoms with E-state index in [-0.39, 0.29) is 5.78 Å². The number of rotatable bonds is 2. The van der Waals surface area contributed by atoms with Crippen LogP contribution in [0.2, 0.25) is 0 Å². The molecule has 0 aromatic rings. The van der Waals surface area contributed by atoms with Crippen LogP contribution in [0.3, 0.4) is 0 Å². The van der Waals surface area contributed by atoms with Crippen LogP contribution in [0.5, 0.6) is 0 Å². The lowest BCUT2D eigenvalue weighted by Crippen LogP contribution is -1.97. The summed E-state index contributed by atoms with van der Waals surface area (Å²) in [6.45, 7) is 4.09. The Morgan fingerprint density at radius 2 is 2.27 bits per heavy atom. The summed E-state index contributed by atoms with van der Waals surface area (Å²) in [7, 11) is 0. The van der Waals surface area contributed by atoms with Crippen molar-refractivity contribution in [2.24, 2.45) is 0 Å². The molecule has 0 unspecified atom stereocenters. The van der Waals surface area contributed by atoms with E-state index in [1.54, 1.807) is 0 Å². The summed E-state index contributed by atoms with van der Waals surface area (Å²) < 4.78 is 0. The molecule has 0 saturated heterocycles. The molecular weight excluding hydrogens is 136 g/mol. The summed E-state index contributed by atoms with van der Waals surface area (Å²) in [5.74, 6) is 0.273. The highest BCUT2D eigenvalue weighted by atomic mass is 16.1. The molecule has 1 heteroatoms. The minimum atomic E-state index is 0.273. The molecule has 0 radical (unpaired) electrons. The second-order valence-electron chi connectivity index (χ2n) is 2.75. The van der Waals surface area contributed by atoms with Gasteiger partial charge in [0.1, 0.15) is 0 Å². The number of ketones is 1. The molecule has 0 fully saturated rings. The normalized spacial score (nSPS) is 21.1. The summed E-state index contributed by atoms with van der Waals surface area (Å²) in [5.41, 5.74) is 1.98. The first-order chi connectivity index (χ1) is 5.29. The number of Topliss-reactive ketones (excluding diaryl/α,β-unsaturated/α-hetero) is 1. The highest BCUT2D eigenvalue weighted by Gasteiger charge is 2.17. The van der Waals surface area contributed by atoms with Crippen molar-refractivity contribution in [1.82, 2.24) is 0 Å². The van der Waals surface area contributed by atoms with Crippen LogP contribution in [0.4, 0.5) is 0 Å². The van der Waals surface area contributed by atoms with Crippen LogP contribution in [0, 0.1) is 0 Å². The fraction of sp³-hybridized carbons (Fsp3) is 0.500. The molecular formula is C10H14O. The zero-order valence-corrected chi connectivity index (χ0v) is 7.18. The van der Waals surface area contributed by atoms with E-state index in [1.165, 1.54) is 0 Å². The molecule has 0 spiro atoms. The van der Waals surface area contributed by atoms with Gasteiger partial charge in [-0.15, -0.1) is 0 Å². The van der Waals surface area contributed by atoms with E-state index in [1.807, 2.05) is 19.1 Å². The third-order valence-corrected chi connectivity index (χ3v) is 1.98. The summed E-state index contributed by atoms with van der Waals surface area (Å²) in [4.78, 5) is 11.4. The molecule has 0 aliphatic heterocycles. The van der Waals surface area contributed by atoms with E-state index in [4.69, 9.17) is 0 Å². The lowest BCUT2D eigenvalue weighted by atomic mass is 10.1. The molecule has 0 bridgehead atoms. The van der Waals surface area contributed by atoms with E-state index in [9.17, 15) is 4.79 Å². The van der Waals surface area contributed by atoms with Gasteiger partial charge in [-0.2, -0.15) is 0 Å². The van der Waals surface area contributed by atoms with Crippen LogP contribution in [0.1, 0.15) is 33.1 Å². The fourth-order valence-electron chi connectivity index (χ4n) is 1.35. The predicted octanol–water partition coefficient (Wildman–Crippen LogP) is 2.63. The molecule has 11 heavy (non-hydrogen) atoms. The zero-order valence-electron chi connectivity index (χ0n) is 7.18. The maximum Gasteiger partial charge on any atom is 0.184 e. The number of hydrogen-bond donors (Lipinski definition) is 0. The average molecular weight is 150 g/mol. The molecule has 0 heterocycles. The highest BCUT2D eigenvalue weighted by Crippen LogP contribution is 2.22. The number of carbonyl (C=O) groups excluding carboxylic acids is 1. The smallest absolute Gasteiger partial charge is 0.184 e. The molecule has 1 rings (SSSR count). The van der Waals surface area contributed by atoms with Gasteiger partial charge < -0.3 is 0 Å². The minimum Gasteiger partial charge on any atom is -0.289 e. The van der Waals surface area contributed by atoms with E-state index in [0.29, 0.717) is 0 Å². The van der Waals surface area contributed by atoms with Gasteiger partial charge >= 0.3 is 0 Å².